The van der Waals surface area contributed by atoms with Gasteiger partial charge in [0.15, 0.2) is 11.6 Å². The molecule has 9 aromatic rings. The monoisotopic (exact) mass is 1310 g/mol. The first-order valence-electron chi connectivity index (χ1n) is 33.8. The minimum Gasteiger partial charge on any atom is -0.288 e. The van der Waals surface area contributed by atoms with Crippen LogP contribution in [0.15, 0.2) is 60.7 Å². The standard InChI is InChI=1S/C77H98O2S8/c1-15-24-28-46(19-5)40-50-32-34-55(80-50)64-52-44-59(85-72(52)65(53-45-63(86-73(53)64)77(13,14)23-9)56-35-33-51(81-56)41-47(20-6)29-25-16-2)54-36-37-57(82-54)74-68-69(75(87-74)58-38-39-62(84-58)76(10,11)12)71(79)67-61(43-49(22-8)31-27-18-4)83-60(66(67)70(68)78)42-48(21-7)30-26-17-3/h32-39,44-49H,15-31,40-43H2,1-14H3. The minimum absolute atomic E-state index is 0.0425. The largest absolute Gasteiger partial charge is 0.288 e. The molecule has 0 N–H and O–H groups in total. The van der Waals surface area contributed by atoms with Gasteiger partial charge in [-0.1, -0.05) is 200 Å². The predicted octanol–water partition coefficient (Wildman–Crippen LogP) is 27.6. The first-order valence-corrected chi connectivity index (χ1v) is 40.3. The van der Waals surface area contributed by atoms with E-state index in [2.05, 4.69) is 158 Å². The van der Waals surface area contributed by atoms with Crippen molar-refractivity contribution in [2.75, 3.05) is 0 Å². The molecule has 466 valence electrons. The molecule has 10 heteroatoms. The van der Waals surface area contributed by atoms with E-state index in [1.807, 2.05) is 68.0 Å². The van der Waals surface area contributed by atoms with Crippen molar-refractivity contribution in [3.8, 4) is 50.1 Å². The smallest absolute Gasteiger partial charge is 0.197 e. The van der Waals surface area contributed by atoms with Crippen molar-refractivity contribution in [2.24, 2.45) is 23.7 Å². The van der Waals surface area contributed by atoms with E-state index < -0.39 is 0 Å². The zero-order chi connectivity index (χ0) is 61.9. The summed E-state index contributed by atoms with van der Waals surface area (Å²) >= 11 is 15.2. The van der Waals surface area contributed by atoms with Crippen LogP contribution in [0.3, 0.4) is 0 Å². The van der Waals surface area contributed by atoms with Crippen LogP contribution in [0, 0.1) is 23.7 Å². The van der Waals surface area contributed by atoms with Crippen LogP contribution >= 0.6 is 90.7 Å². The number of ketones is 2. The molecule has 1 aliphatic carbocycles. The first-order chi connectivity index (χ1) is 41.9. The summed E-state index contributed by atoms with van der Waals surface area (Å²) in [6.45, 7) is 32.6. The number of carbonyl (C=O) groups excluding carboxylic acids is 2. The lowest BCUT2D eigenvalue weighted by Gasteiger charge is -2.20. The summed E-state index contributed by atoms with van der Waals surface area (Å²) in [6, 6.07) is 24.0. The summed E-state index contributed by atoms with van der Waals surface area (Å²) in [5.41, 5.74) is 5.56. The molecular weight excluding hydrogens is 1210 g/mol. The summed E-state index contributed by atoms with van der Waals surface area (Å²) in [5.74, 6) is 2.51. The number of rotatable bonds is 31. The Morgan fingerprint density at radius 3 is 1.24 bits per heavy atom. The molecule has 0 amide bonds. The Hall–Kier alpha value is -3.32. The molecule has 4 atom stereocenters. The summed E-state index contributed by atoms with van der Waals surface area (Å²) in [5, 5.41) is 2.75. The maximum Gasteiger partial charge on any atom is 0.197 e. The molecule has 0 radical (unpaired) electrons. The Bertz CT molecular complexity index is 3680. The van der Waals surface area contributed by atoms with E-state index in [9.17, 15) is 0 Å². The van der Waals surface area contributed by atoms with Crippen molar-refractivity contribution < 1.29 is 9.59 Å². The average Bonchev–Trinajstić information content (AvgIpc) is 1.60. The van der Waals surface area contributed by atoms with Crippen molar-refractivity contribution >= 4 is 122 Å². The molecule has 2 nitrogen and oxygen atoms in total. The number of hydrogen-bond donors (Lipinski definition) is 0. The SMILES string of the molecule is CCCCC(CC)Cc1ccc(-c2c3cc(C(C)(C)CC)sc3c(-c3ccc(CC(CC)CCCC)s3)c3cc(-c4ccc(-c5sc(-c6ccc(C(C)(C)C)s6)c6c5C(=O)c5c(CC(CC)CCCC)sc(CC(CC)CCCC)c5C6=O)s4)sc23)s1. The lowest BCUT2D eigenvalue weighted by molar-refractivity contribution is 0.0980. The number of unbranched alkanes of at least 4 members (excludes halogenated alkanes) is 4. The quantitative estimate of drug-likeness (QED) is 0.0434. The van der Waals surface area contributed by atoms with Gasteiger partial charge in [-0.15, -0.1) is 90.7 Å². The second kappa shape index (κ2) is 29.1. The van der Waals surface area contributed by atoms with Crippen LogP contribution in [0.2, 0.25) is 0 Å². The molecule has 8 aromatic heterocycles. The third-order valence-electron chi connectivity index (χ3n) is 19.4. The molecule has 0 bridgehead atoms. The van der Waals surface area contributed by atoms with Gasteiger partial charge in [-0.25, -0.2) is 0 Å². The van der Waals surface area contributed by atoms with Crippen LogP contribution < -0.4 is 0 Å². The third kappa shape index (κ3) is 14.1. The van der Waals surface area contributed by atoms with Crippen molar-refractivity contribution in [1.29, 1.82) is 0 Å². The van der Waals surface area contributed by atoms with E-state index in [1.54, 1.807) is 22.7 Å². The molecule has 8 heterocycles. The van der Waals surface area contributed by atoms with E-state index in [1.165, 1.54) is 135 Å². The van der Waals surface area contributed by atoms with Crippen molar-refractivity contribution in [3.63, 3.8) is 0 Å². The van der Waals surface area contributed by atoms with Crippen LogP contribution in [0.1, 0.15) is 267 Å². The van der Waals surface area contributed by atoms with Gasteiger partial charge in [0.1, 0.15) is 0 Å². The van der Waals surface area contributed by atoms with E-state index in [0.717, 1.165) is 111 Å². The highest BCUT2D eigenvalue weighted by Gasteiger charge is 2.42. The number of carbonyl (C=O) groups is 2. The first kappa shape index (κ1) is 66.6. The van der Waals surface area contributed by atoms with Gasteiger partial charge >= 0.3 is 0 Å². The molecule has 87 heavy (non-hydrogen) atoms. The molecule has 0 aliphatic heterocycles. The topological polar surface area (TPSA) is 34.1 Å². The molecule has 10 rings (SSSR count). The summed E-state index contributed by atoms with van der Waals surface area (Å²) in [6.07, 6.45) is 24.3. The fraction of sp³-hybridized carbons (Fsp3) is 0.532. The second-order valence-corrected chi connectivity index (χ2v) is 36.0. The highest BCUT2D eigenvalue weighted by atomic mass is 32.1. The Morgan fingerprint density at radius 2 is 0.793 bits per heavy atom. The van der Waals surface area contributed by atoms with Crippen LogP contribution in [0.4, 0.5) is 0 Å². The predicted molar refractivity (Wildman–Crippen MR) is 395 cm³/mol. The summed E-state index contributed by atoms with van der Waals surface area (Å²) in [7, 11) is 0. The van der Waals surface area contributed by atoms with Crippen LogP contribution in [-0.4, -0.2) is 11.6 Å². The van der Waals surface area contributed by atoms with Gasteiger partial charge in [0.05, 0.1) is 20.9 Å². The molecule has 0 fully saturated rings. The third-order valence-corrected chi connectivity index (χ3v) is 29.9. The molecular formula is C77H98O2S8. The Labute approximate surface area is 555 Å². The van der Waals surface area contributed by atoms with Gasteiger partial charge in [-0.2, -0.15) is 0 Å². The van der Waals surface area contributed by atoms with E-state index in [0.29, 0.717) is 34.8 Å². The number of benzene rings is 1. The maximum atomic E-state index is 16.2. The highest BCUT2D eigenvalue weighted by molar-refractivity contribution is 7.31. The molecule has 0 saturated heterocycles. The lowest BCUT2D eigenvalue weighted by Crippen LogP contribution is -2.22. The number of thiophene rings is 8. The fourth-order valence-corrected chi connectivity index (χ4v) is 23.6. The van der Waals surface area contributed by atoms with Crippen LogP contribution in [-0.2, 0) is 36.5 Å². The van der Waals surface area contributed by atoms with E-state index in [4.69, 9.17) is 0 Å². The van der Waals surface area contributed by atoms with Gasteiger partial charge < -0.3 is 0 Å². The number of fused-ring (bicyclic) bond motifs is 4. The average molecular weight is 1310 g/mol. The Balaban J connectivity index is 1.16. The van der Waals surface area contributed by atoms with Crippen molar-refractivity contribution in [1.82, 2.24) is 0 Å². The lowest BCUT2D eigenvalue weighted by atomic mass is 9.81. The van der Waals surface area contributed by atoms with Crippen molar-refractivity contribution in [3.05, 3.63) is 112 Å². The molecule has 0 spiro atoms. The van der Waals surface area contributed by atoms with Crippen molar-refractivity contribution in [2.45, 2.75) is 243 Å². The molecule has 1 aliphatic rings. The van der Waals surface area contributed by atoms with Gasteiger partial charge in [-0.3, -0.25) is 9.59 Å². The van der Waals surface area contributed by atoms with Crippen LogP contribution in [0.5, 0.6) is 0 Å². The van der Waals surface area contributed by atoms with Gasteiger partial charge in [0.2, 0.25) is 0 Å². The Kier molecular flexibility index (Phi) is 22.3. The van der Waals surface area contributed by atoms with E-state index in [-0.39, 0.29) is 22.4 Å². The van der Waals surface area contributed by atoms with Gasteiger partial charge in [0, 0.05) is 101 Å². The molecule has 0 saturated carbocycles. The maximum absolute atomic E-state index is 16.2. The van der Waals surface area contributed by atoms with Crippen LogP contribution in [0.25, 0.3) is 70.3 Å². The second-order valence-electron chi connectivity index (χ2n) is 27.2. The zero-order valence-corrected chi connectivity index (χ0v) is 61.5. The Morgan fingerprint density at radius 1 is 0.368 bits per heavy atom. The normalized spacial score (nSPS) is 14.5. The van der Waals surface area contributed by atoms with Gasteiger partial charge in [0.25, 0.3) is 0 Å². The molecule has 1 aromatic carbocycles. The van der Waals surface area contributed by atoms with E-state index >= 15 is 9.59 Å². The fourth-order valence-electron chi connectivity index (χ4n) is 13.2. The van der Waals surface area contributed by atoms with Gasteiger partial charge in [-0.05, 0) is 127 Å². The summed E-state index contributed by atoms with van der Waals surface area (Å²) < 4.78 is 2.79. The number of hydrogen-bond acceptors (Lipinski definition) is 10. The summed E-state index contributed by atoms with van der Waals surface area (Å²) in [4.78, 5) is 49.6. The zero-order valence-electron chi connectivity index (χ0n) is 55.0. The minimum atomic E-state index is -0.0425. The molecule has 4 unspecified atom stereocenters. The highest BCUT2D eigenvalue weighted by Crippen LogP contribution is 2.57.